The number of pyridine rings is 1. The molecule has 1 atom stereocenters. The zero-order chi connectivity index (χ0) is 36.6. The minimum Gasteiger partial charge on any atom is -0.372 e. The van der Waals surface area contributed by atoms with Gasteiger partial charge in [-0.25, -0.2) is 0 Å². The monoisotopic (exact) mass is 713 g/mol. The highest BCUT2D eigenvalue weighted by molar-refractivity contribution is 6.08. The Balaban J connectivity index is 1.10. The summed E-state index contributed by atoms with van der Waals surface area (Å²) in [5.74, 6) is -0.589. The molecule has 10 nitrogen and oxygen atoms in total. The number of anilines is 2. The van der Waals surface area contributed by atoms with Gasteiger partial charge in [-0.3, -0.25) is 19.4 Å². The van der Waals surface area contributed by atoms with E-state index in [2.05, 4.69) is 50.0 Å². The largest absolute Gasteiger partial charge is 0.372 e. The van der Waals surface area contributed by atoms with E-state index in [0.717, 1.165) is 95.6 Å². The highest BCUT2D eigenvalue weighted by Gasteiger charge is 2.23. The van der Waals surface area contributed by atoms with E-state index in [9.17, 15) is 14.4 Å². The average molecular weight is 714 g/mol. The smallest absolute Gasteiger partial charge is 0.255 e. The number of hydrogen-bond donors (Lipinski definition) is 3. The zero-order valence-corrected chi connectivity index (χ0v) is 30.8. The summed E-state index contributed by atoms with van der Waals surface area (Å²) >= 11 is 0. The van der Waals surface area contributed by atoms with Gasteiger partial charge >= 0.3 is 0 Å². The lowest BCUT2D eigenvalue weighted by atomic mass is 9.87. The molecular weight excluding hydrogens is 663 g/mol. The van der Waals surface area contributed by atoms with Crippen molar-refractivity contribution in [2.75, 3.05) is 69.6 Å². The Morgan fingerprint density at radius 3 is 2.53 bits per heavy atom. The van der Waals surface area contributed by atoms with Gasteiger partial charge in [-0.2, -0.15) is 0 Å². The lowest BCUT2D eigenvalue weighted by Crippen LogP contribution is -2.37. The van der Waals surface area contributed by atoms with Crippen LogP contribution >= 0.6 is 0 Å². The third kappa shape index (κ3) is 8.95. The number of carbonyl (C=O) groups excluding carboxylic acids is 3. The lowest BCUT2D eigenvalue weighted by Gasteiger charge is -2.29. The molecule has 2 saturated heterocycles. The molecule has 3 aromatic carbocycles. The molecule has 7 rings (SSSR count). The van der Waals surface area contributed by atoms with E-state index < -0.39 is 0 Å². The minimum absolute atomic E-state index is 0.0411. The first-order chi connectivity index (χ1) is 25.9. The topological polar surface area (TPSA) is 110 Å². The van der Waals surface area contributed by atoms with Gasteiger partial charge in [0.1, 0.15) is 0 Å². The Kier molecular flexibility index (Phi) is 11.8. The van der Waals surface area contributed by atoms with Crippen molar-refractivity contribution in [2.24, 2.45) is 0 Å². The highest BCUT2D eigenvalue weighted by Crippen LogP contribution is 2.34. The Hall–Kier alpha value is -5.06. The summed E-state index contributed by atoms with van der Waals surface area (Å²) in [7, 11) is 1.82. The zero-order valence-electron chi connectivity index (χ0n) is 30.8. The van der Waals surface area contributed by atoms with Gasteiger partial charge in [0.05, 0.1) is 17.4 Å². The molecule has 0 bridgehead atoms. The fourth-order valence-corrected chi connectivity index (χ4v) is 7.79. The van der Waals surface area contributed by atoms with Crippen molar-refractivity contribution in [2.45, 2.75) is 51.0 Å². The van der Waals surface area contributed by atoms with Gasteiger partial charge in [0, 0.05) is 80.5 Å². The molecule has 1 aromatic heterocycles. The summed E-state index contributed by atoms with van der Waals surface area (Å²) < 4.78 is 0. The van der Waals surface area contributed by atoms with E-state index in [1.165, 1.54) is 17.5 Å². The van der Waals surface area contributed by atoms with Crippen LogP contribution in [0.3, 0.4) is 0 Å². The molecule has 10 heteroatoms. The highest BCUT2D eigenvalue weighted by atomic mass is 16.2. The molecule has 0 unspecified atom stereocenters. The van der Waals surface area contributed by atoms with Crippen molar-refractivity contribution < 1.29 is 14.4 Å². The molecule has 3 amide bonds. The van der Waals surface area contributed by atoms with Crippen molar-refractivity contribution in [3.05, 3.63) is 113 Å². The first-order valence-corrected chi connectivity index (χ1v) is 19.3. The second kappa shape index (κ2) is 17.2. The third-order valence-corrected chi connectivity index (χ3v) is 10.8. The van der Waals surface area contributed by atoms with E-state index in [1.54, 1.807) is 41.4 Å². The maximum absolute atomic E-state index is 13.8. The molecule has 4 aromatic rings. The number of aryl methyl sites for hydroxylation is 1. The summed E-state index contributed by atoms with van der Waals surface area (Å²) in [4.78, 5) is 52.2. The van der Waals surface area contributed by atoms with Gasteiger partial charge in [0.2, 0.25) is 0 Å². The number of rotatable bonds is 10. The Bertz CT molecular complexity index is 1920. The summed E-state index contributed by atoms with van der Waals surface area (Å²) in [6, 6.07) is 24.8. The van der Waals surface area contributed by atoms with E-state index in [1.807, 2.05) is 31.3 Å². The lowest BCUT2D eigenvalue weighted by molar-refractivity contribution is 0.0778. The van der Waals surface area contributed by atoms with Crippen LogP contribution in [0.15, 0.2) is 85.1 Å². The predicted octanol–water partition coefficient (Wildman–Crippen LogP) is 6.17. The third-order valence-electron chi connectivity index (χ3n) is 10.8. The summed E-state index contributed by atoms with van der Waals surface area (Å²) in [6.45, 7) is 7.34. The van der Waals surface area contributed by atoms with Gasteiger partial charge in [0.15, 0.2) is 0 Å². The predicted molar refractivity (Wildman–Crippen MR) is 211 cm³/mol. The second-order valence-electron chi connectivity index (χ2n) is 14.5. The van der Waals surface area contributed by atoms with Crippen LogP contribution in [0.1, 0.15) is 86.8 Å². The first kappa shape index (κ1) is 36.3. The Labute approximate surface area is 313 Å². The standard InChI is InChI=1S/C43H51N7O3/c1-48(26-27-49-22-9-19-44-21-25-49)43(53)34-13-7-12-32(28-34)41(51)47-39-17-16-35(50-23-5-2-6-24-50)30-37(39)40-29-33(18-20-45-40)42(52)46-38-15-8-11-31-10-3-4-14-36(31)38/h3-4,7,10,12-14,16-18,20,28-30,38,44H,2,5-6,8-9,11,15,19,21-27H2,1H3,(H,46,52)(H,47,51)/t38-/m0/s1. The normalized spacial score (nSPS) is 17.7. The summed E-state index contributed by atoms with van der Waals surface area (Å²) in [5.41, 5.74) is 6.82. The molecule has 1 aliphatic carbocycles. The number of likely N-dealkylation sites (N-methyl/N-ethyl adjacent to an activating group) is 1. The van der Waals surface area contributed by atoms with Crippen LogP contribution < -0.4 is 20.9 Å². The molecule has 3 heterocycles. The number of piperidine rings is 1. The van der Waals surface area contributed by atoms with Crippen molar-refractivity contribution in [3.8, 4) is 11.3 Å². The number of aromatic nitrogens is 1. The van der Waals surface area contributed by atoms with E-state index in [-0.39, 0.29) is 23.8 Å². The first-order valence-electron chi connectivity index (χ1n) is 19.3. The molecule has 276 valence electrons. The average Bonchev–Trinajstić information content (AvgIpc) is 3.49. The van der Waals surface area contributed by atoms with Crippen LogP contribution in [-0.4, -0.2) is 91.9 Å². The van der Waals surface area contributed by atoms with E-state index in [0.29, 0.717) is 34.6 Å². The molecule has 3 N–H and O–H groups in total. The van der Waals surface area contributed by atoms with Gasteiger partial charge in [-0.15, -0.1) is 0 Å². The number of benzene rings is 3. The maximum Gasteiger partial charge on any atom is 0.255 e. The van der Waals surface area contributed by atoms with Gasteiger partial charge in [-0.1, -0.05) is 30.3 Å². The van der Waals surface area contributed by atoms with Crippen molar-refractivity contribution in [1.82, 2.24) is 25.4 Å². The number of hydrogen-bond acceptors (Lipinski definition) is 7. The molecule has 2 aliphatic heterocycles. The maximum atomic E-state index is 13.8. The SMILES string of the molecule is CN(CCN1CCCNCC1)C(=O)c1cccc(C(=O)Nc2ccc(N3CCCCC3)cc2-c2cc(C(=O)N[C@H]3CCCc4ccccc43)ccn2)c1. The van der Waals surface area contributed by atoms with Crippen molar-refractivity contribution >= 4 is 29.1 Å². The minimum atomic E-state index is -0.323. The van der Waals surface area contributed by atoms with E-state index in [4.69, 9.17) is 4.98 Å². The van der Waals surface area contributed by atoms with Crippen LogP contribution in [0.4, 0.5) is 11.4 Å². The number of carbonyl (C=O) groups is 3. The Morgan fingerprint density at radius 2 is 1.64 bits per heavy atom. The van der Waals surface area contributed by atoms with Crippen LogP contribution in [0.25, 0.3) is 11.3 Å². The van der Waals surface area contributed by atoms with Crippen LogP contribution in [0.5, 0.6) is 0 Å². The molecule has 2 fully saturated rings. The molecule has 0 spiro atoms. The molecule has 53 heavy (non-hydrogen) atoms. The van der Waals surface area contributed by atoms with Gasteiger partial charge in [0.25, 0.3) is 17.7 Å². The van der Waals surface area contributed by atoms with Crippen LogP contribution in [0, 0.1) is 0 Å². The van der Waals surface area contributed by atoms with Crippen molar-refractivity contribution in [1.29, 1.82) is 0 Å². The van der Waals surface area contributed by atoms with E-state index >= 15 is 0 Å². The second-order valence-corrected chi connectivity index (χ2v) is 14.5. The summed E-state index contributed by atoms with van der Waals surface area (Å²) in [5, 5.41) is 9.80. The molecule has 0 saturated carbocycles. The number of fused-ring (bicyclic) bond motifs is 1. The summed E-state index contributed by atoms with van der Waals surface area (Å²) in [6.07, 6.45) is 9.19. The molecule has 0 radical (unpaired) electrons. The number of amides is 3. The fraction of sp³-hybridized carbons (Fsp3) is 0.395. The number of nitrogens with one attached hydrogen (secondary N) is 3. The molecular formula is C43H51N7O3. The number of nitrogens with zero attached hydrogens (tertiary/aromatic N) is 4. The fourth-order valence-electron chi connectivity index (χ4n) is 7.79. The van der Waals surface area contributed by atoms with Crippen LogP contribution in [-0.2, 0) is 6.42 Å². The van der Waals surface area contributed by atoms with Crippen LogP contribution in [0.2, 0.25) is 0 Å². The van der Waals surface area contributed by atoms with Gasteiger partial charge in [-0.05, 0) is 118 Å². The Morgan fingerprint density at radius 1 is 0.811 bits per heavy atom. The van der Waals surface area contributed by atoms with Gasteiger partial charge < -0.3 is 30.7 Å². The quantitative estimate of drug-likeness (QED) is 0.181. The van der Waals surface area contributed by atoms with Crippen molar-refractivity contribution in [3.63, 3.8) is 0 Å². The molecule has 3 aliphatic rings.